The third kappa shape index (κ3) is 3.59. The molecule has 2 aliphatic rings. The van der Waals surface area contributed by atoms with Gasteiger partial charge in [-0.2, -0.15) is 0 Å². The van der Waals surface area contributed by atoms with Crippen LogP contribution in [0.3, 0.4) is 0 Å². The molecule has 0 unspecified atom stereocenters. The molecule has 2 rings (SSSR count). The van der Waals surface area contributed by atoms with E-state index in [0.29, 0.717) is 12.1 Å². The van der Waals surface area contributed by atoms with Gasteiger partial charge in [0.1, 0.15) is 0 Å². The van der Waals surface area contributed by atoms with Gasteiger partial charge in [0.25, 0.3) is 0 Å². The number of carbonyl (C=O) groups is 1. The predicted molar refractivity (Wildman–Crippen MR) is 72.2 cm³/mol. The highest BCUT2D eigenvalue weighted by molar-refractivity contribution is 5.85. The van der Waals surface area contributed by atoms with Crippen molar-refractivity contribution in [2.24, 2.45) is 11.7 Å². The monoisotopic (exact) mass is 260 g/mol. The molecular formula is C13H25ClN2O. The lowest BCUT2D eigenvalue weighted by Crippen LogP contribution is -2.49. The van der Waals surface area contributed by atoms with Crippen LogP contribution in [0.2, 0.25) is 0 Å². The van der Waals surface area contributed by atoms with Crippen LogP contribution in [0.5, 0.6) is 0 Å². The standard InChI is InChI=1S/C13H24N2O.ClH/c1-9-3-5-11(6-4-9)15(12-7-8-12)13(16)10(2)14;/h9-12H,3-8,14H2,1-2H3;1H/t9?,10-,11?;/m0./s1. The predicted octanol–water partition coefficient (Wildman–Crippen LogP) is 2.33. The quantitative estimate of drug-likeness (QED) is 0.847. The Hall–Kier alpha value is -0.280. The van der Waals surface area contributed by atoms with E-state index in [1.165, 1.54) is 38.5 Å². The Morgan fingerprint density at radius 3 is 1.88 bits per heavy atom. The van der Waals surface area contributed by atoms with Crippen LogP contribution in [0, 0.1) is 5.92 Å². The summed E-state index contributed by atoms with van der Waals surface area (Å²) < 4.78 is 0. The highest BCUT2D eigenvalue weighted by atomic mass is 35.5. The molecule has 0 saturated heterocycles. The summed E-state index contributed by atoms with van der Waals surface area (Å²) in [5, 5.41) is 0. The summed E-state index contributed by atoms with van der Waals surface area (Å²) in [7, 11) is 0. The first-order valence-corrected chi connectivity index (χ1v) is 6.67. The highest BCUT2D eigenvalue weighted by Gasteiger charge is 2.39. The van der Waals surface area contributed by atoms with Crippen molar-refractivity contribution in [1.29, 1.82) is 0 Å². The minimum absolute atomic E-state index is 0. The molecule has 0 aliphatic heterocycles. The van der Waals surface area contributed by atoms with E-state index in [9.17, 15) is 4.79 Å². The first kappa shape index (κ1) is 14.8. The van der Waals surface area contributed by atoms with Crippen molar-refractivity contribution < 1.29 is 4.79 Å². The van der Waals surface area contributed by atoms with Crippen LogP contribution >= 0.6 is 12.4 Å². The van der Waals surface area contributed by atoms with E-state index >= 15 is 0 Å². The average Bonchev–Trinajstić information content (AvgIpc) is 3.05. The molecule has 0 spiro atoms. The molecule has 0 aromatic heterocycles. The zero-order valence-electron chi connectivity index (χ0n) is 10.9. The van der Waals surface area contributed by atoms with Crippen molar-refractivity contribution in [2.45, 2.75) is 70.5 Å². The van der Waals surface area contributed by atoms with Gasteiger partial charge in [0.2, 0.25) is 5.91 Å². The molecule has 2 saturated carbocycles. The van der Waals surface area contributed by atoms with Crippen LogP contribution in [-0.2, 0) is 4.79 Å². The van der Waals surface area contributed by atoms with Crippen molar-refractivity contribution >= 4 is 18.3 Å². The Kier molecular flexibility index (Phi) is 5.26. The summed E-state index contributed by atoms with van der Waals surface area (Å²) in [6.07, 6.45) is 7.25. The fourth-order valence-corrected chi connectivity index (χ4v) is 2.77. The number of halogens is 1. The highest BCUT2D eigenvalue weighted by Crippen LogP contribution is 2.35. The van der Waals surface area contributed by atoms with E-state index in [4.69, 9.17) is 5.73 Å². The molecule has 2 N–H and O–H groups in total. The van der Waals surface area contributed by atoms with Gasteiger partial charge in [0, 0.05) is 12.1 Å². The average molecular weight is 261 g/mol. The molecule has 1 atom stereocenters. The number of carbonyl (C=O) groups excluding carboxylic acids is 1. The number of hydrogen-bond acceptors (Lipinski definition) is 2. The van der Waals surface area contributed by atoms with Crippen LogP contribution in [-0.4, -0.2) is 28.9 Å². The second-order valence-electron chi connectivity index (χ2n) is 5.68. The summed E-state index contributed by atoms with van der Waals surface area (Å²) in [4.78, 5) is 14.2. The molecule has 0 aromatic rings. The second-order valence-corrected chi connectivity index (χ2v) is 5.68. The molecule has 0 aromatic carbocycles. The normalized spacial score (nSPS) is 30.3. The van der Waals surface area contributed by atoms with Gasteiger partial charge in [0.05, 0.1) is 6.04 Å². The van der Waals surface area contributed by atoms with Gasteiger partial charge in [-0.05, 0) is 51.4 Å². The Labute approximate surface area is 111 Å². The van der Waals surface area contributed by atoms with Gasteiger partial charge in [-0.15, -0.1) is 12.4 Å². The van der Waals surface area contributed by atoms with E-state index in [-0.39, 0.29) is 24.4 Å². The maximum Gasteiger partial charge on any atom is 0.239 e. The van der Waals surface area contributed by atoms with Gasteiger partial charge in [-0.3, -0.25) is 4.79 Å². The maximum atomic E-state index is 12.1. The largest absolute Gasteiger partial charge is 0.335 e. The number of nitrogens with zero attached hydrogens (tertiary/aromatic N) is 1. The minimum atomic E-state index is -0.333. The van der Waals surface area contributed by atoms with E-state index in [0.717, 1.165) is 5.92 Å². The Morgan fingerprint density at radius 1 is 1.12 bits per heavy atom. The molecule has 17 heavy (non-hydrogen) atoms. The number of nitrogens with two attached hydrogens (primary N) is 1. The van der Waals surface area contributed by atoms with Crippen molar-refractivity contribution in [3.63, 3.8) is 0 Å². The van der Waals surface area contributed by atoms with Gasteiger partial charge in [-0.1, -0.05) is 6.92 Å². The van der Waals surface area contributed by atoms with Gasteiger partial charge in [0.15, 0.2) is 0 Å². The smallest absolute Gasteiger partial charge is 0.239 e. The van der Waals surface area contributed by atoms with Gasteiger partial charge < -0.3 is 10.6 Å². The van der Waals surface area contributed by atoms with Crippen molar-refractivity contribution in [2.75, 3.05) is 0 Å². The van der Waals surface area contributed by atoms with Gasteiger partial charge in [-0.25, -0.2) is 0 Å². The van der Waals surface area contributed by atoms with Crippen molar-refractivity contribution in [3.05, 3.63) is 0 Å². The van der Waals surface area contributed by atoms with Crippen LogP contribution in [0.1, 0.15) is 52.4 Å². The van der Waals surface area contributed by atoms with Crippen molar-refractivity contribution in [1.82, 2.24) is 4.90 Å². The SMILES string of the molecule is CC1CCC(N(C(=O)[C@H](C)N)C2CC2)CC1.Cl. The zero-order valence-corrected chi connectivity index (χ0v) is 11.7. The topological polar surface area (TPSA) is 46.3 Å². The lowest BCUT2D eigenvalue weighted by atomic mass is 9.86. The molecule has 1 amide bonds. The molecule has 0 heterocycles. The summed E-state index contributed by atoms with van der Waals surface area (Å²) in [6.45, 7) is 4.12. The van der Waals surface area contributed by atoms with Crippen LogP contribution in [0.4, 0.5) is 0 Å². The van der Waals surface area contributed by atoms with E-state index in [1.807, 2.05) is 6.92 Å². The Morgan fingerprint density at radius 2 is 1.53 bits per heavy atom. The molecule has 2 aliphatic carbocycles. The van der Waals surface area contributed by atoms with Crippen LogP contribution < -0.4 is 5.73 Å². The molecule has 100 valence electrons. The third-order valence-corrected chi connectivity index (χ3v) is 3.96. The zero-order chi connectivity index (χ0) is 11.7. The number of hydrogen-bond donors (Lipinski definition) is 1. The summed E-state index contributed by atoms with van der Waals surface area (Å²) in [5.41, 5.74) is 5.75. The molecule has 2 fully saturated rings. The molecule has 0 bridgehead atoms. The van der Waals surface area contributed by atoms with E-state index in [1.54, 1.807) is 0 Å². The molecule has 3 nitrogen and oxygen atoms in total. The fourth-order valence-electron chi connectivity index (χ4n) is 2.77. The Bertz CT molecular complexity index is 258. The van der Waals surface area contributed by atoms with Crippen LogP contribution in [0.15, 0.2) is 0 Å². The fraction of sp³-hybridized carbons (Fsp3) is 0.923. The van der Waals surface area contributed by atoms with Crippen LogP contribution in [0.25, 0.3) is 0 Å². The Balaban J connectivity index is 0.00000144. The first-order chi connectivity index (χ1) is 7.59. The molecule has 4 heteroatoms. The molecular weight excluding hydrogens is 236 g/mol. The number of rotatable bonds is 3. The van der Waals surface area contributed by atoms with Gasteiger partial charge >= 0.3 is 0 Å². The summed E-state index contributed by atoms with van der Waals surface area (Å²) >= 11 is 0. The summed E-state index contributed by atoms with van der Waals surface area (Å²) in [6, 6.07) is 0.652. The lowest BCUT2D eigenvalue weighted by Gasteiger charge is -2.37. The van der Waals surface area contributed by atoms with E-state index < -0.39 is 0 Å². The first-order valence-electron chi connectivity index (χ1n) is 6.67. The third-order valence-electron chi connectivity index (χ3n) is 3.96. The second kappa shape index (κ2) is 6.05. The van der Waals surface area contributed by atoms with E-state index in [2.05, 4.69) is 11.8 Å². The minimum Gasteiger partial charge on any atom is -0.335 e. The lowest BCUT2D eigenvalue weighted by molar-refractivity contribution is -0.136. The summed E-state index contributed by atoms with van der Waals surface area (Å²) in [5.74, 6) is 1.00. The number of amides is 1. The molecule has 0 radical (unpaired) electrons. The van der Waals surface area contributed by atoms with Crippen molar-refractivity contribution in [3.8, 4) is 0 Å². The maximum absolute atomic E-state index is 12.1.